The van der Waals surface area contributed by atoms with E-state index in [0.29, 0.717) is 0 Å². The number of hydrogen-bond donors (Lipinski definition) is 1. The molecule has 0 amide bonds. The maximum atomic E-state index is 6.42. The van der Waals surface area contributed by atoms with Crippen LogP contribution in [-0.2, 0) is 11.2 Å². The molecule has 0 bridgehead atoms. The van der Waals surface area contributed by atoms with Crippen LogP contribution in [0.1, 0.15) is 57.7 Å². The van der Waals surface area contributed by atoms with Gasteiger partial charge >= 0.3 is 0 Å². The average Bonchev–Trinajstić information content (AvgIpc) is 2.49. The van der Waals surface area contributed by atoms with Gasteiger partial charge in [0.1, 0.15) is 5.75 Å². The topological polar surface area (TPSA) is 30.5 Å². The van der Waals surface area contributed by atoms with E-state index in [0.717, 1.165) is 31.6 Å². The summed E-state index contributed by atoms with van der Waals surface area (Å²) in [7, 11) is 1.72. The predicted octanol–water partition coefficient (Wildman–Crippen LogP) is 3.87. The third-order valence-electron chi connectivity index (χ3n) is 4.50. The normalized spacial score (nSPS) is 22.0. The van der Waals surface area contributed by atoms with Gasteiger partial charge in [0.05, 0.1) is 24.9 Å². The second kappa shape index (κ2) is 6.80. The summed E-state index contributed by atoms with van der Waals surface area (Å²) in [6, 6.07) is 6.66. The van der Waals surface area contributed by atoms with Gasteiger partial charge in [-0.15, -0.1) is 0 Å². The zero-order valence-electron chi connectivity index (χ0n) is 14.0. The highest BCUT2D eigenvalue weighted by Gasteiger charge is 2.33. The average molecular weight is 291 g/mol. The molecular formula is C18H29NO2. The SMILES string of the molecule is CCNC1c2cc(OC)ccc2CCC1OC(C)(C)CC. The van der Waals surface area contributed by atoms with Gasteiger partial charge in [-0.1, -0.05) is 19.9 Å². The van der Waals surface area contributed by atoms with Crippen molar-refractivity contribution in [1.29, 1.82) is 0 Å². The number of benzene rings is 1. The summed E-state index contributed by atoms with van der Waals surface area (Å²) in [6.45, 7) is 9.63. The van der Waals surface area contributed by atoms with Gasteiger partial charge in [-0.05, 0) is 62.9 Å². The smallest absolute Gasteiger partial charge is 0.119 e. The highest BCUT2D eigenvalue weighted by atomic mass is 16.5. The van der Waals surface area contributed by atoms with Gasteiger partial charge in [-0.2, -0.15) is 0 Å². The van der Waals surface area contributed by atoms with Crippen LogP contribution < -0.4 is 10.1 Å². The maximum Gasteiger partial charge on any atom is 0.119 e. The van der Waals surface area contributed by atoms with Gasteiger partial charge in [0.15, 0.2) is 0 Å². The minimum Gasteiger partial charge on any atom is -0.497 e. The number of hydrogen-bond acceptors (Lipinski definition) is 3. The Morgan fingerprint density at radius 1 is 1.29 bits per heavy atom. The van der Waals surface area contributed by atoms with E-state index in [1.807, 2.05) is 0 Å². The van der Waals surface area contributed by atoms with Crippen molar-refractivity contribution < 1.29 is 9.47 Å². The van der Waals surface area contributed by atoms with Crippen molar-refractivity contribution in [2.75, 3.05) is 13.7 Å². The summed E-state index contributed by atoms with van der Waals surface area (Å²) in [4.78, 5) is 0. The lowest BCUT2D eigenvalue weighted by Crippen LogP contribution is -2.42. The van der Waals surface area contributed by atoms with Crippen LogP contribution in [0.15, 0.2) is 18.2 Å². The lowest BCUT2D eigenvalue weighted by atomic mass is 9.84. The lowest BCUT2D eigenvalue weighted by molar-refractivity contribution is -0.0936. The Balaban J connectivity index is 2.29. The Hall–Kier alpha value is -1.06. The molecule has 0 radical (unpaired) electrons. The van der Waals surface area contributed by atoms with E-state index >= 15 is 0 Å². The van der Waals surface area contributed by atoms with Crippen molar-refractivity contribution >= 4 is 0 Å². The Morgan fingerprint density at radius 3 is 2.67 bits per heavy atom. The van der Waals surface area contributed by atoms with E-state index in [4.69, 9.17) is 9.47 Å². The Labute approximate surface area is 129 Å². The molecular weight excluding hydrogens is 262 g/mol. The summed E-state index contributed by atoms with van der Waals surface area (Å²) in [5, 5.41) is 3.61. The van der Waals surface area contributed by atoms with E-state index < -0.39 is 0 Å². The molecule has 2 atom stereocenters. The molecule has 0 aromatic heterocycles. The van der Waals surface area contributed by atoms with Crippen LogP contribution in [0, 0.1) is 0 Å². The highest BCUT2D eigenvalue weighted by Crippen LogP contribution is 2.36. The summed E-state index contributed by atoms with van der Waals surface area (Å²) in [6.07, 6.45) is 3.39. The Kier molecular flexibility index (Phi) is 5.28. The summed E-state index contributed by atoms with van der Waals surface area (Å²) < 4.78 is 11.8. The van der Waals surface area contributed by atoms with Gasteiger partial charge in [-0.3, -0.25) is 0 Å². The number of likely N-dealkylation sites (N-methyl/N-ethyl adjacent to an activating group) is 1. The fraction of sp³-hybridized carbons (Fsp3) is 0.667. The van der Waals surface area contributed by atoms with Crippen LogP contribution in [0.4, 0.5) is 0 Å². The zero-order valence-corrected chi connectivity index (χ0v) is 14.0. The molecule has 21 heavy (non-hydrogen) atoms. The first-order chi connectivity index (χ1) is 10.0. The largest absolute Gasteiger partial charge is 0.497 e. The minimum atomic E-state index is -0.0747. The first-order valence-corrected chi connectivity index (χ1v) is 8.08. The molecule has 1 N–H and O–H groups in total. The molecule has 2 unspecified atom stereocenters. The molecule has 1 aromatic rings. The fourth-order valence-electron chi connectivity index (χ4n) is 2.96. The number of nitrogens with one attached hydrogen (secondary N) is 1. The van der Waals surface area contributed by atoms with Crippen molar-refractivity contribution in [3.05, 3.63) is 29.3 Å². The van der Waals surface area contributed by atoms with Crippen LogP contribution in [0.5, 0.6) is 5.75 Å². The molecule has 0 aliphatic heterocycles. The van der Waals surface area contributed by atoms with Crippen molar-refractivity contribution in [2.45, 2.75) is 64.7 Å². The number of fused-ring (bicyclic) bond motifs is 1. The van der Waals surface area contributed by atoms with E-state index in [9.17, 15) is 0 Å². The lowest BCUT2D eigenvalue weighted by Gasteiger charge is -2.39. The first-order valence-electron chi connectivity index (χ1n) is 8.08. The van der Waals surface area contributed by atoms with Crippen molar-refractivity contribution in [1.82, 2.24) is 5.32 Å². The standard InChI is InChI=1S/C18H29NO2/c1-6-18(3,4)21-16-11-9-13-8-10-14(20-5)12-15(13)17(16)19-7-2/h8,10,12,16-17,19H,6-7,9,11H2,1-5H3. The van der Waals surface area contributed by atoms with Crippen molar-refractivity contribution in [2.24, 2.45) is 0 Å². The molecule has 3 nitrogen and oxygen atoms in total. The molecule has 1 aliphatic carbocycles. The second-order valence-electron chi connectivity index (χ2n) is 6.41. The predicted molar refractivity (Wildman–Crippen MR) is 87.0 cm³/mol. The maximum absolute atomic E-state index is 6.42. The van der Waals surface area contributed by atoms with Crippen molar-refractivity contribution in [3.8, 4) is 5.75 Å². The molecule has 118 valence electrons. The molecule has 0 spiro atoms. The van der Waals surface area contributed by atoms with Gasteiger partial charge < -0.3 is 14.8 Å². The number of rotatable bonds is 6. The van der Waals surface area contributed by atoms with Gasteiger partial charge in [-0.25, -0.2) is 0 Å². The Morgan fingerprint density at radius 2 is 2.05 bits per heavy atom. The molecule has 2 rings (SSSR count). The van der Waals surface area contributed by atoms with Gasteiger partial charge in [0.2, 0.25) is 0 Å². The Bertz CT molecular complexity index is 470. The highest BCUT2D eigenvalue weighted by molar-refractivity contribution is 5.40. The summed E-state index contributed by atoms with van der Waals surface area (Å²) >= 11 is 0. The van der Waals surface area contributed by atoms with E-state index in [1.165, 1.54) is 11.1 Å². The zero-order chi connectivity index (χ0) is 15.5. The molecule has 1 aliphatic rings. The van der Waals surface area contributed by atoms with Crippen molar-refractivity contribution in [3.63, 3.8) is 0 Å². The van der Waals surface area contributed by atoms with Crippen LogP contribution in [-0.4, -0.2) is 25.4 Å². The minimum absolute atomic E-state index is 0.0747. The summed E-state index contributed by atoms with van der Waals surface area (Å²) in [5.74, 6) is 0.923. The molecule has 3 heteroatoms. The molecule has 0 heterocycles. The molecule has 0 saturated carbocycles. The van der Waals surface area contributed by atoms with E-state index in [2.05, 4.69) is 51.2 Å². The van der Waals surface area contributed by atoms with Gasteiger partial charge in [0, 0.05) is 0 Å². The van der Waals surface area contributed by atoms with Crippen LogP contribution >= 0.6 is 0 Å². The van der Waals surface area contributed by atoms with Gasteiger partial charge in [0.25, 0.3) is 0 Å². The number of aryl methyl sites for hydroxylation is 1. The van der Waals surface area contributed by atoms with E-state index in [1.54, 1.807) is 7.11 Å². The second-order valence-corrected chi connectivity index (χ2v) is 6.41. The van der Waals surface area contributed by atoms with Crippen LogP contribution in [0.25, 0.3) is 0 Å². The number of methoxy groups -OCH3 is 1. The molecule has 0 saturated heterocycles. The first kappa shape index (κ1) is 16.3. The van der Waals surface area contributed by atoms with E-state index in [-0.39, 0.29) is 17.7 Å². The third-order valence-corrected chi connectivity index (χ3v) is 4.50. The monoisotopic (exact) mass is 291 g/mol. The van der Waals surface area contributed by atoms with Crippen LogP contribution in [0.3, 0.4) is 0 Å². The number of ether oxygens (including phenoxy) is 2. The third kappa shape index (κ3) is 3.78. The quantitative estimate of drug-likeness (QED) is 0.863. The fourth-order valence-corrected chi connectivity index (χ4v) is 2.96. The van der Waals surface area contributed by atoms with Crippen LogP contribution in [0.2, 0.25) is 0 Å². The molecule has 1 aromatic carbocycles. The molecule has 0 fully saturated rings. The summed E-state index contributed by atoms with van der Waals surface area (Å²) in [5.41, 5.74) is 2.67.